The van der Waals surface area contributed by atoms with Gasteiger partial charge in [0.1, 0.15) is 10.7 Å². The average Bonchev–Trinajstić information content (AvgIpc) is 2.48. The minimum atomic E-state index is -3.88. The van der Waals surface area contributed by atoms with Crippen LogP contribution in [0.1, 0.15) is 37.7 Å². The number of hydrogen-bond donors (Lipinski definition) is 2. The van der Waals surface area contributed by atoms with Crippen molar-refractivity contribution >= 4 is 22.4 Å². The second-order valence-corrected chi connectivity index (χ2v) is 7.43. The molecule has 1 aromatic carbocycles. The molecule has 22 heavy (non-hydrogen) atoms. The molecule has 0 spiro atoms. The van der Waals surface area contributed by atoms with E-state index in [0.29, 0.717) is 5.56 Å². The third-order valence-corrected chi connectivity index (χ3v) is 5.73. The van der Waals surface area contributed by atoms with Crippen LogP contribution < -0.4 is 10.5 Å². The van der Waals surface area contributed by atoms with Crippen LogP contribution >= 0.6 is 12.4 Å². The summed E-state index contributed by atoms with van der Waals surface area (Å²) in [5.74, 6) is -0.448. The first-order valence-corrected chi connectivity index (χ1v) is 8.91. The van der Waals surface area contributed by atoms with Crippen LogP contribution in [0.2, 0.25) is 0 Å². The zero-order valence-corrected chi connectivity index (χ0v) is 14.4. The summed E-state index contributed by atoms with van der Waals surface area (Å²) in [5, 5.41) is 0. The predicted octanol–water partition coefficient (Wildman–Crippen LogP) is 2.74. The van der Waals surface area contributed by atoms with Crippen molar-refractivity contribution in [2.75, 3.05) is 6.54 Å². The summed E-state index contributed by atoms with van der Waals surface area (Å²) in [5.41, 5.74) is 6.06. The van der Waals surface area contributed by atoms with Gasteiger partial charge in [-0.2, -0.15) is 0 Å². The summed E-state index contributed by atoms with van der Waals surface area (Å²) >= 11 is 0. The SMILES string of the molecule is Cc1cccc(S(=O)(=O)NC(CN)C2CCCCC2)c1F.Cl. The second kappa shape index (κ2) is 8.24. The third kappa shape index (κ3) is 4.41. The normalized spacial score (nSPS) is 17.8. The lowest BCUT2D eigenvalue weighted by Crippen LogP contribution is -2.46. The van der Waals surface area contributed by atoms with Crippen LogP contribution in [0.5, 0.6) is 0 Å². The van der Waals surface area contributed by atoms with Crippen molar-refractivity contribution in [2.45, 2.75) is 50.0 Å². The van der Waals surface area contributed by atoms with Gasteiger partial charge in [0.25, 0.3) is 0 Å². The molecule has 2 rings (SSSR count). The van der Waals surface area contributed by atoms with Crippen molar-refractivity contribution in [2.24, 2.45) is 11.7 Å². The zero-order valence-electron chi connectivity index (χ0n) is 12.7. The van der Waals surface area contributed by atoms with E-state index < -0.39 is 15.8 Å². The highest BCUT2D eigenvalue weighted by atomic mass is 35.5. The van der Waals surface area contributed by atoms with Gasteiger partial charge in [0, 0.05) is 12.6 Å². The number of nitrogens with one attached hydrogen (secondary N) is 1. The van der Waals surface area contributed by atoms with E-state index in [4.69, 9.17) is 5.73 Å². The molecule has 1 atom stereocenters. The molecule has 0 aromatic heterocycles. The van der Waals surface area contributed by atoms with Gasteiger partial charge in [-0.1, -0.05) is 31.4 Å². The molecular formula is C15H24ClFN2O2S. The quantitative estimate of drug-likeness (QED) is 0.857. The Morgan fingerprint density at radius 3 is 2.55 bits per heavy atom. The standard InChI is InChI=1S/C15H23FN2O2S.ClH/c1-11-6-5-9-14(15(11)16)21(19,20)18-13(10-17)12-7-3-2-4-8-12;/h5-6,9,12-13,18H,2-4,7-8,10,17H2,1H3;1H. The molecule has 7 heteroatoms. The molecular weight excluding hydrogens is 327 g/mol. The van der Waals surface area contributed by atoms with E-state index in [2.05, 4.69) is 4.72 Å². The number of halogens is 2. The van der Waals surface area contributed by atoms with Crippen LogP contribution in [-0.4, -0.2) is 21.0 Å². The zero-order chi connectivity index (χ0) is 15.5. The van der Waals surface area contributed by atoms with E-state index in [1.165, 1.54) is 12.5 Å². The fraction of sp³-hybridized carbons (Fsp3) is 0.600. The summed E-state index contributed by atoms with van der Waals surface area (Å²) < 4.78 is 41.5. The molecule has 0 aliphatic heterocycles. The van der Waals surface area contributed by atoms with Crippen molar-refractivity contribution in [3.8, 4) is 0 Å². The minimum Gasteiger partial charge on any atom is -0.329 e. The molecule has 1 aromatic rings. The van der Waals surface area contributed by atoms with Gasteiger partial charge in [-0.3, -0.25) is 0 Å². The molecule has 126 valence electrons. The van der Waals surface area contributed by atoms with Gasteiger partial charge in [0.15, 0.2) is 0 Å². The maximum atomic E-state index is 14.0. The fourth-order valence-corrected chi connectivity index (χ4v) is 4.43. The summed E-state index contributed by atoms with van der Waals surface area (Å²) in [4.78, 5) is -0.295. The van der Waals surface area contributed by atoms with Gasteiger partial charge in [-0.15, -0.1) is 12.4 Å². The van der Waals surface area contributed by atoms with Crippen LogP contribution in [0.4, 0.5) is 4.39 Å². The Morgan fingerprint density at radius 2 is 1.95 bits per heavy atom. The van der Waals surface area contributed by atoms with E-state index in [9.17, 15) is 12.8 Å². The molecule has 0 amide bonds. The minimum absolute atomic E-state index is 0. The number of rotatable bonds is 5. The van der Waals surface area contributed by atoms with Gasteiger partial charge in [-0.05, 0) is 37.3 Å². The third-order valence-electron chi connectivity index (χ3n) is 4.23. The predicted molar refractivity (Wildman–Crippen MR) is 88.1 cm³/mol. The van der Waals surface area contributed by atoms with Crippen LogP contribution in [0.3, 0.4) is 0 Å². The monoisotopic (exact) mass is 350 g/mol. The van der Waals surface area contributed by atoms with Crippen LogP contribution in [-0.2, 0) is 10.0 Å². The van der Waals surface area contributed by atoms with E-state index in [1.54, 1.807) is 19.1 Å². The lowest BCUT2D eigenvalue weighted by Gasteiger charge is -2.29. The molecule has 1 unspecified atom stereocenters. The molecule has 1 saturated carbocycles. The lowest BCUT2D eigenvalue weighted by atomic mass is 9.84. The van der Waals surface area contributed by atoms with Crippen molar-refractivity contribution < 1.29 is 12.8 Å². The Bertz CT molecular complexity index is 589. The average molecular weight is 351 g/mol. The van der Waals surface area contributed by atoms with Gasteiger partial charge < -0.3 is 5.73 Å². The van der Waals surface area contributed by atoms with Gasteiger partial charge in [0.2, 0.25) is 10.0 Å². The van der Waals surface area contributed by atoms with Crippen molar-refractivity contribution in [1.82, 2.24) is 4.72 Å². The molecule has 1 aliphatic rings. The van der Waals surface area contributed by atoms with Gasteiger partial charge in [0.05, 0.1) is 0 Å². The molecule has 0 saturated heterocycles. The summed E-state index contributed by atoms with van der Waals surface area (Å²) in [6.07, 6.45) is 5.33. The lowest BCUT2D eigenvalue weighted by molar-refractivity contribution is 0.294. The molecule has 1 aliphatic carbocycles. The number of hydrogen-bond acceptors (Lipinski definition) is 3. The van der Waals surface area contributed by atoms with Crippen LogP contribution in [0, 0.1) is 18.7 Å². The maximum Gasteiger partial charge on any atom is 0.243 e. The first kappa shape index (κ1) is 19.4. The molecule has 0 bridgehead atoms. The van der Waals surface area contributed by atoms with Crippen molar-refractivity contribution in [3.63, 3.8) is 0 Å². The van der Waals surface area contributed by atoms with Gasteiger partial charge >= 0.3 is 0 Å². The molecule has 4 nitrogen and oxygen atoms in total. The Kier molecular flexibility index (Phi) is 7.25. The highest BCUT2D eigenvalue weighted by Gasteiger charge is 2.29. The molecule has 1 fully saturated rings. The smallest absolute Gasteiger partial charge is 0.243 e. The van der Waals surface area contributed by atoms with Gasteiger partial charge in [-0.25, -0.2) is 17.5 Å². The fourth-order valence-electron chi connectivity index (χ4n) is 2.96. The molecule has 0 heterocycles. The molecule has 3 N–H and O–H groups in total. The summed E-state index contributed by atoms with van der Waals surface area (Å²) in [7, 11) is -3.88. The Balaban J connectivity index is 0.00000242. The Labute approximate surface area is 138 Å². The largest absolute Gasteiger partial charge is 0.329 e. The first-order chi connectivity index (χ1) is 9.95. The second-order valence-electron chi connectivity index (χ2n) is 5.75. The summed E-state index contributed by atoms with van der Waals surface area (Å²) in [6, 6.07) is 4.07. The summed E-state index contributed by atoms with van der Waals surface area (Å²) in [6.45, 7) is 1.78. The van der Waals surface area contributed by atoms with Crippen molar-refractivity contribution in [1.29, 1.82) is 0 Å². The number of benzene rings is 1. The van der Waals surface area contributed by atoms with Crippen LogP contribution in [0.15, 0.2) is 23.1 Å². The Hall–Kier alpha value is -0.690. The number of aryl methyl sites for hydroxylation is 1. The number of nitrogens with two attached hydrogens (primary N) is 1. The topological polar surface area (TPSA) is 72.2 Å². The highest BCUT2D eigenvalue weighted by Crippen LogP contribution is 2.27. The van der Waals surface area contributed by atoms with E-state index in [1.807, 2.05) is 0 Å². The van der Waals surface area contributed by atoms with E-state index in [-0.39, 0.29) is 35.8 Å². The number of sulfonamides is 1. The molecule has 0 radical (unpaired) electrons. The first-order valence-electron chi connectivity index (χ1n) is 7.43. The van der Waals surface area contributed by atoms with Crippen molar-refractivity contribution in [3.05, 3.63) is 29.6 Å². The Morgan fingerprint density at radius 1 is 1.32 bits per heavy atom. The van der Waals surface area contributed by atoms with E-state index >= 15 is 0 Å². The van der Waals surface area contributed by atoms with Crippen LogP contribution in [0.25, 0.3) is 0 Å². The highest BCUT2D eigenvalue weighted by molar-refractivity contribution is 7.89. The van der Waals surface area contributed by atoms with E-state index in [0.717, 1.165) is 25.7 Å². The maximum absolute atomic E-state index is 14.0.